The van der Waals surface area contributed by atoms with Crippen molar-refractivity contribution < 1.29 is 32.2 Å². The first-order valence-corrected chi connectivity index (χ1v) is 11.9. The highest BCUT2D eigenvalue weighted by Crippen LogP contribution is 2.32. The van der Waals surface area contributed by atoms with Crippen molar-refractivity contribution in [3.8, 4) is 11.5 Å². The van der Waals surface area contributed by atoms with Crippen molar-refractivity contribution in [3.63, 3.8) is 0 Å². The minimum Gasteiger partial charge on any atom is -0.493 e. The fourth-order valence-electron chi connectivity index (χ4n) is 4.78. The quantitative estimate of drug-likeness (QED) is 0.577. The summed E-state index contributed by atoms with van der Waals surface area (Å²) in [6.07, 6.45) is -3.59. The average molecular weight is 506 g/mol. The van der Waals surface area contributed by atoms with E-state index in [-0.39, 0.29) is 18.2 Å². The van der Waals surface area contributed by atoms with E-state index in [2.05, 4.69) is 0 Å². The van der Waals surface area contributed by atoms with Crippen molar-refractivity contribution in [2.24, 2.45) is 5.92 Å². The molecule has 1 unspecified atom stereocenters. The van der Waals surface area contributed by atoms with Gasteiger partial charge in [-0.3, -0.25) is 9.59 Å². The Balaban J connectivity index is 1.29. The summed E-state index contributed by atoms with van der Waals surface area (Å²) in [6, 6.07) is 10.9. The largest absolute Gasteiger partial charge is 0.493 e. The van der Waals surface area contributed by atoms with Gasteiger partial charge in [0.1, 0.15) is 0 Å². The van der Waals surface area contributed by atoms with Crippen LogP contribution in [0.15, 0.2) is 42.5 Å². The number of nitrogens with zero attached hydrogens (tertiary/aromatic N) is 3. The van der Waals surface area contributed by atoms with Crippen LogP contribution in [0.5, 0.6) is 11.5 Å². The van der Waals surface area contributed by atoms with E-state index in [1.807, 2.05) is 23.1 Å². The molecule has 0 radical (unpaired) electrons. The molecule has 2 saturated heterocycles. The molecule has 0 saturated carbocycles. The number of carbonyl (C=O) groups excluding carboxylic acids is 2. The summed E-state index contributed by atoms with van der Waals surface area (Å²) >= 11 is 0. The zero-order valence-electron chi connectivity index (χ0n) is 20.4. The fraction of sp³-hybridized carbons (Fsp3) is 0.462. The predicted octanol–water partition coefficient (Wildman–Crippen LogP) is 3.46. The van der Waals surface area contributed by atoms with Crippen molar-refractivity contribution in [1.29, 1.82) is 0 Å². The molecule has 0 spiro atoms. The SMILES string of the molecule is COc1ccc(CCN2CC(C(=O)N3CCN(c4cccc(C(F)(F)F)c4)CC3)CC2=O)cc1OC. The number of carbonyl (C=O) groups is 2. The monoisotopic (exact) mass is 505 g/mol. The molecule has 4 rings (SSSR count). The van der Waals surface area contributed by atoms with Gasteiger partial charge in [-0.15, -0.1) is 0 Å². The molecule has 2 aromatic rings. The Morgan fingerprint density at radius 2 is 1.72 bits per heavy atom. The molecule has 0 aliphatic carbocycles. The van der Waals surface area contributed by atoms with Gasteiger partial charge in [0.2, 0.25) is 11.8 Å². The van der Waals surface area contributed by atoms with Crippen molar-refractivity contribution in [2.75, 3.05) is 58.4 Å². The van der Waals surface area contributed by atoms with Gasteiger partial charge in [0, 0.05) is 51.4 Å². The third-order valence-electron chi connectivity index (χ3n) is 6.81. The molecule has 10 heteroatoms. The molecule has 7 nitrogen and oxygen atoms in total. The van der Waals surface area contributed by atoms with Crippen LogP contribution < -0.4 is 14.4 Å². The summed E-state index contributed by atoms with van der Waals surface area (Å²) < 4.78 is 49.7. The number of piperazine rings is 1. The van der Waals surface area contributed by atoms with Gasteiger partial charge in [0.25, 0.3) is 0 Å². The van der Waals surface area contributed by atoms with Crippen LogP contribution in [0.4, 0.5) is 18.9 Å². The van der Waals surface area contributed by atoms with Crippen molar-refractivity contribution in [2.45, 2.75) is 19.0 Å². The van der Waals surface area contributed by atoms with Crippen LogP contribution in [0.2, 0.25) is 0 Å². The molecule has 2 heterocycles. The lowest BCUT2D eigenvalue weighted by atomic mass is 10.1. The van der Waals surface area contributed by atoms with Crippen LogP contribution >= 0.6 is 0 Å². The standard InChI is InChI=1S/C26H30F3N3O4/c1-35-22-7-6-18(14-23(22)36-2)8-9-32-17-19(15-24(32)33)25(34)31-12-10-30(11-13-31)21-5-3-4-20(16-21)26(27,28)29/h3-7,14,16,19H,8-13,15,17H2,1-2H3. The van der Waals surface area contributed by atoms with Crippen molar-refractivity contribution in [1.82, 2.24) is 9.80 Å². The van der Waals surface area contributed by atoms with Gasteiger partial charge in [-0.2, -0.15) is 13.2 Å². The van der Waals surface area contributed by atoms with Crippen LogP contribution in [-0.2, 0) is 22.2 Å². The van der Waals surface area contributed by atoms with Crippen LogP contribution in [0.3, 0.4) is 0 Å². The lowest BCUT2D eigenvalue weighted by molar-refractivity contribution is -0.137. The van der Waals surface area contributed by atoms with Crippen LogP contribution in [0.1, 0.15) is 17.5 Å². The number of ether oxygens (including phenoxy) is 2. The molecule has 194 valence electrons. The second-order valence-electron chi connectivity index (χ2n) is 9.04. The van der Waals surface area contributed by atoms with Crippen molar-refractivity contribution >= 4 is 17.5 Å². The maximum Gasteiger partial charge on any atom is 0.416 e. The number of amides is 2. The summed E-state index contributed by atoms with van der Waals surface area (Å²) in [4.78, 5) is 31.0. The molecule has 2 aromatic carbocycles. The maximum atomic E-state index is 13.1. The number of methoxy groups -OCH3 is 2. The van der Waals surface area contributed by atoms with E-state index < -0.39 is 17.7 Å². The molecule has 0 aromatic heterocycles. The highest BCUT2D eigenvalue weighted by Gasteiger charge is 2.37. The van der Waals surface area contributed by atoms with Gasteiger partial charge < -0.3 is 24.2 Å². The molecule has 1 atom stereocenters. The second kappa shape index (κ2) is 10.7. The fourth-order valence-corrected chi connectivity index (χ4v) is 4.78. The first kappa shape index (κ1) is 25.7. The van der Waals surface area contributed by atoms with E-state index in [4.69, 9.17) is 9.47 Å². The highest BCUT2D eigenvalue weighted by atomic mass is 19.4. The van der Waals surface area contributed by atoms with Crippen LogP contribution in [0, 0.1) is 5.92 Å². The zero-order chi connectivity index (χ0) is 25.9. The summed E-state index contributed by atoms with van der Waals surface area (Å²) in [5.41, 5.74) is 0.811. The molecule has 2 aliphatic rings. The third kappa shape index (κ3) is 5.68. The lowest BCUT2D eigenvalue weighted by Gasteiger charge is -2.37. The van der Waals surface area contributed by atoms with Gasteiger partial charge in [-0.25, -0.2) is 0 Å². The van der Waals surface area contributed by atoms with Gasteiger partial charge in [0.05, 0.1) is 25.7 Å². The van der Waals surface area contributed by atoms with Gasteiger partial charge >= 0.3 is 6.18 Å². The topological polar surface area (TPSA) is 62.3 Å². The normalized spacial score (nSPS) is 18.5. The van der Waals surface area contributed by atoms with E-state index in [9.17, 15) is 22.8 Å². The lowest BCUT2D eigenvalue weighted by Crippen LogP contribution is -2.50. The first-order valence-electron chi connectivity index (χ1n) is 11.9. The third-order valence-corrected chi connectivity index (χ3v) is 6.81. The Labute approximate surface area is 208 Å². The van der Waals surface area contributed by atoms with E-state index >= 15 is 0 Å². The van der Waals surface area contributed by atoms with E-state index in [1.54, 1.807) is 30.1 Å². The number of hydrogen-bond donors (Lipinski definition) is 0. The Morgan fingerprint density at radius 1 is 1.00 bits per heavy atom. The molecule has 0 N–H and O–H groups in total. The van der Waals surface area contributed by atoms with Crippen LogP contribution in [0.25, 0.3) is 0 Å². The number of hydrogen-bond acceptors (Lipinski definition) is 5. The van der Waals surface area contributed by atoms with Gasteiger partial charge in [-0.05, 0) is 42.3 Å². The minimum atomic E-state index is -4.39. The molecule has 2 amide bonds. The molecule has 2 fully saturated rings. The Morgan fingerprint density at radius 3 is 2.39 bits per heavy atom. The molecular weight excluding hydrogens is 475 g/mol. The van der Waals surface area contributed by atoms with Gasteiger partial charge in [0.15, 0.2) is 11.5 Å². The Bertz CT molecular complexity index is 1100. The zero-order valence-corrected chi connectivity index (χ0v) is 20.4. The molecule has 0 bridgehead atoms. The smallest absolute Gasteiger partial charge is 0.416 e. The summed E-state index contributed by atoms with van der Waals surface area (Å²) in [5.74, 6) is 0.748. The summed E-state index contributed by atoms with van der Waals surface area (Å²) in [6.45, 7) is 2.57. The Hall–Kier alpha value is -3.43. The number of alkyl halides is 3. The Kier molecular flexibility index (Phi) is 7.61. The van der Waals surface area contributed by atoms with Crippen LogP contribution in [-0.4, -0.2) is 75.1 Å². The number of rotatable bonds is 7. The van der Waals surface area contributed by atoms with E-state index in [0.717, 1.165) is 17.7 Å². The maximum absolute atomic E-state index is 13.1. The second-order valence-corrected chi connectivity index (χ2v) is 9.04. The molecule has 2 aliphatic heterocycles. The number of anilines is 1. The van der Waals surface area contributed by atoms with Gasteiger partial charge in [-0.1, -0.05) is 12.1 Å². The minimum absolute atomic E-state index is 0.0450. The first-order chi connectivity index (χ1) is 17.2. The summed E-state index contributed by atoms with van der Waals surface area (Å²) in [5, 5.41) is 0. The molecule has 36 heavy (non-hydrogen) atoms. The summed E-state index contributed by atoms with van der Waals surface area (Å²) in [7, 11) is 3.14. The predicted molar refractivity (Wildman–Crippen MR) is 128 cm³/mol. The van der Waals surface area contributed by atoms with E-state index in [1.165, 1.54) is 6.07 Å². The van der Waals surface area contributed by atoms with Crippen molar-refractivity contribution in [3.05, 3.63) is 53.6 Å². The highest BCUT2D eigenvalue weighted by molar-refractivity contribution is 5.89. The molecular formula is C26H30F3N3O4. The number of likely N-dealkylation sites (tertiary alicyclic amines) is 1. The van der Waals surface area contributed by atoms with E-state index in [0.29, 0.717) is 62.9 Å². The number of halogens is 3. The average Bonchev–Trinajstić information content (AvgIpc) is 3.26. The number of benzene rings is 2.